The van der Waals surface area contributed by atoms with Crippen LogP contribution in [0, 0.1) is 0 Å². The fourth-order valence-electron chi connectivity index (χ4n) is 2.98. The number of benzene rings is 1. The van der Waals surface area contributed by atoms with Gasteiger partial charge in [-0.05, 0) is 30.0 Å². The molecule has 2 heterocycles. The van der Waals surface area contributed by atoms with E-state index in [1.807, 2.05) is 19.1 Å². The van der Waals surface area contributed by atoms with E-state index in [9.17, 15) is 4.79 Å². The minimum absolute atomic E-state index is 0.0371. The van der Waals surface area contributed by atoms with Crippen LogP contribution in [0.5, 0.6) is 0 Å². The average Bonchev–Trinajstić information content (AvgIpc) is 3.35. The summed E-state index contributed by atoms with van der Waals surface area (Å²) in [5.74, 6) is 1.01. The lowest BCUT2D eigenvalue weighted by Crippen LogP contribution is -2.27. The van der Waals surface area contributed by atoms with Crippen molar-refractivity contribution >= 4 is 5.91 Å². The highest BCUT2D eigenvalue weighted by Crippen LogP contribution is 2.33. The fourth-order valence-corrected chi connectivity index (χ4v) is 2.98. The van der Waals surface area contributed by atoms with Crippen molar-refractivity contribution in [2.75, 3.05) is 0 Å². The Morgan fingerprint density at radius 3 is 3.08 bits per heavy atom. The summed E-state index contributed by atoms with van der Waals surface area (Å²) in [5, 5.41) is 6.97. The van der Waals surface area contributed by atoms with Gasteiger partial charge in [0.2, 0.25) is 11.7 Å². The Morgan fingerprint density at radius 2 is 2.33 bits per heavy atom. The molecule has 1 N–H and O–H groups in total. The Morgan fingerprint density at radius 1 is 1.42 bits per heavy atom. The molecule has 0 bridgehead atoms. The number of hydrogen-bond donors (Lipinski definition) is 1. The molecule has 0 aliphatic heterocycles. The number of oxazole rings is 1. The fraction of sp³-hybridized carbons (Fsp3) is 0.294. The summed E-state index contributed by atoms with van der Waals surface area (Å²) in [6.45, 7) is 1.97. The largest absolute Gasteiger partial charge is 0.441 e. The van der Waals surface area contributed by atoms with E-state index in [1.165, 1.54) is 18.0 Å². The van der Waals surface area contributed by atoms with Gasteiger partial charge < -0.3 is 14.3 Å². The first kappa shape index (κ1) is 14.6. The van der Waals surface area contributed by atoms with Crippen molar-refractivity contribution in [1.82, 2.24) is 20.4 Å². The number of carbonyl (C=O) groups excluding carboxylic acids is 1. The van der Waals surface area contributed by atoms with Gasteiger partial charge in [0.25, 0.3) is 5.89 Å². The van der Waals surface area contributed by atoms with Gasteiger partial charge in [-0.15, -0.1) is 0 Å². The van der Waals surface area contributed by atoms with Gasteiger partial charge in [0.05, 0.1) is 12.2 Å². The molecule has 7 nitrogen and oxygen atoms in total. The lowest BCUT2D eigenvalue weighted by molar-refractivity contribution is 0.0901. The van der Waals surface area contributed by atoms with E-state index in [-0.39, 0.29) is 17.8 Å². The van der Waals surface area contributed by atoms with E-state index in [0.717, 1.165) is 24.0 Å². The minimum Gasteiger partial charge on any atom is -0.441 e. The number of amides is 1. The summed E-state index contributed by atoms with van der Waals surface area (Å²) < 4.78 is 10.2. The van der Waals surface area contributed by atoms with E-state index in [2.05, 4.69) is 26.5 Å². The van der Waals surface area contributed by atoms with Gasteiger partial charge in [0, 0.05) is 12.0 Å². The predicted octanol–water partition coefficient (Wildman–Crippen LogP) is 2.70. The molecule has 0 spiro atoms. The van der Waals surface area contributed by atoms with Gasteiger partial charge in [-0.3, -0.25) is 4.79 Å². The minimum atomic E-state index is -0.298. The zero-order valence-electron chi connectivity index (χ0n) is 13.2. The van der Waals surface area contributed by atoms with Crippen LogP contribution in [0.2, 0.25) is 0 Å². The predicted molar refractivity (Wildman–Crippen MR) is 84.1 cm³/mol. The molecule has 1 unspecified atom stereocenters. The van der Waals surface area contributed by atoms with Crippen molar-refractivity contribution in [2.45, 2.75) is 32.2 Å². The molecule has 122 valence electrons. The lowest BCUT2D eigenvalue weighted by atomic mass is 10.0. The maximum absolute atomic E-state index is 12.1. The van der Waals surface area contributed by atoms with Crippen LogP contribution >= 0.6 is 0 Å². The van der Waals surface area contributed by atoms with Gasteiger partial charge in [0.15, 0.2) is 0 Å². The summed E-state index contributed by atoms with van der Waals surface area (Å²) in [5.41, 5.74) is 3.22. The van der Waals surface area contributed by atoms with E-state index >= 15 is 0 Å². The summed E-state index contributed by atoms with van der Waals surface area (Å²) in [7, 11) is 0. The van der Waals surface area contributed by atoms with E-state index < -0.39 is 0 Å². The quantitative estimate of drug-likeness (QED) is 0.793. The van der Waals surface area contributed by atoms with Crippen LogP contribution in [-0.2, 0) is 12.8 Å². The Hall–Kier alpha value is -2.96. The lowest BCUT2D eigenvalue weighted by Gasteiger charge is -2.12. The molecule has 1 aliphatic carbocycles. The second-order valence-electron chi connectivity index (χ2n) is 5.68. The maximum Gasteiger partial charge on any atom is 0.307 e. The molecular formula is C17H16N4O3. The first-order valence-electron chi connectivity index (χ1n) is 7.90. The van der Waals surface area contributed by atoms with Crippen molar-refractivity contribution in [3.8, 4) is 11.4 Å². The number of hydrogen-bond acceptors (Lipinski definition) is 6. The Kier molecular flexibility index (Phi) is 3.60. The number of rotatable bonds is 4. The Balaban J connectivity index is 1.55. The first-order valence-corrected chi connectivity index (χ1v) is 7.90. The first-order chi connectivity index (χ1) is 11.7. The maximum atomic E-state index is 12.1. The summed E-state index contributed by atoms with van der Waals surface area (Å²) >= 11 is 0. The molecule has 0 radical (unpaired) electrons. The van der Waals surface area contributed by atoms with Crippen LogP contribution in [0.4, 0.5) is 0 Å². The topological polar surface area (TPSA) is 94.1 Å². The number of aromatic nitrogens is 3. The number of carbonyl (C=O) groups is 1. The van der Waals surface area contributed by atoms with Gasteiger partial charge in [-0.2, -0.15) is 4.98 Å². The molecular weight excluding hydrogens is 308 g/mol. The van der Waals surface area contributed by atoms with Gasteiger partial charge in [-0.25, -0.2) is 4.98 Å². The van der Waals surface area contributed by atoms with Crippen molar-refractivity contribution in [3.63, 3.8) is 0 Å². The number of fused-ring (bicyclic) bond motifs is 1. The third-order valence-corrected chi connectivity index (χ3v) is 4.18. The molecule has 7 heteroatoms. The number of nitrogens with one attached hydrogen (secondary N) is 1. The zero-order chi connectivity index (χ0) is 16.5. The second-order valence-corrected chi connectivity index (χ2v) is 5.68. The van der Waals surface area contributed by atoms with Gasteiger partial charge >= 0.3 is 5.91 Å². The standard InChI is InChI=1S/C17H16N4O3/c1-2-14-20-15(21-24-14)11-3-5-12-10(9-11)4-6-13(12)19-16(22)17-18-7-8-23-17/h3,5,7-9,13H,2,4,6H2,1H3,(H,19,22). The molecule has 1 atom stereocenters. The second kappa shape index (κ2) is 5.92. The van der Waals surface area contributed by atoms with Crippen molar-refractivity contribution < 1.29 is 13.7 Å². The van der Waals surface area contributed by atoms with E-state index in [0.29, 0.717) is 18.1 Å². The molecule has 4 rings (SSSR count). The summed E-state index contributed by atoms with van der Waals surface area (Å²) in [4.78, 5) is 20.3. The molecule has 3 aromatic rings. The molecule has 0 fully saturated rings. The normalized spacial score (nSPS) is 16.1. The molecule has 24 heavy (non-hydrogen) atoms. The van der Waals surface area contributed by atoms with Crippen LogP contribution < -0.4 is 5.32 Å². The highest BCUT2D eigenvalue weighted by molar-refractivity contribution is 5.89. The molecule has 0 saturated carbocycles. The van der Waals surface area contributed by atoms with Crippen molar-refractivity contribution in [1.29, 1.82) is 0 Å². The highest BCUT2D eigenvalue weighted by Gasteiger charge is 2.26. The third kappa shape index (κ3) is 2.58. The van der Waals surface area contributed by atoms with Crippen LogP contribution in [-0.4, -0.2) is 21.0 Å². The Bertz CT molecular complexity index is 870. The third-order valence-electron chi connectivity index (χ3n) is 4.18. The van der Waals surface area contributed by atoms with Crippen molar-refractivity contribution in [2.24, 2.45) is 0 Å². The van der Waals surface area contributed by atoms with Crippen LogP contribution in [0.1, 0.15) is 47.1 Å². The van der Waals surface area contributed by atoms with Crippen LogP contribution in [0.25, 0.3) is 11.4 Å². The van der Waals surface area contributed by atoms with Crippen molar-refractivity contribution in [3.05, 3.63) is 53.6 Å². The molecule has 0 saturated heterocycles. The molecule has 2 aromatic heterocycles. The van der Waals surface area contributed by atoms with Crippen LogP contribution in [0.15, 0.2) is 39.6 Å². The molecule has 1 aromatic carbocycles. The molecule has 1 amide bonds. The van der Waals surface area contributed by atoms with Gasteiger partial charge in [0.1, 0.15) is 6.26 Å². The van der Waals surface area contributed by atoms with Crippen LogP contribution in [0.3, 0.4) is 0 Å². The molecule has 1 aliphatic rings. The Labute approximate surface area is 138 Å². The van der Waals surface area contributed by atoms with E-state index in [4.69, 9.17) is 8.94 Å². The smallest absolute Gasteiger partial charge is 0.307 e. The highest BCUT2D eigenvalue weighted by atomic mass is 16.5. The average molecular weight is 324 g/mol. The monoisotopic (exact) mass is 324 g/mol. The van der Waals surface area contributed by atoms with Gasteiger partial charge in [-0.1, -0.05) is 24.2 Å². The zero-order valence-corrected chi connectivity index (χ0v) is 13.2. The summed E-state index contributed by atoms with van der Waals surface area (Å²) in [6.07, 6.45) is 5.29. The number of nitrogens with zero attached hydrogens (tertiary/aromatic N) is 3. The SMILES string of the molecule is CCc1nc(-c2ccc3c(c2)CCC3NC(=O)c2ncco2)no1. The number of aryl methyl sites for hydroxylation is 2. The van der Waals surface area contributed by atoms with E-state index in [1.54, 1.807) is 0 Å². The summed E-state index contributed by atoms with van der Waals surface area (Å²) in [6, 6.07) is 6.00.